The van der Waals surface area contributed by atoms with Crippen LogP contribution in [0.25, 0.3) is 11.3 Å². The molecule has 0 saturated heterocycles. The number of carbonyl (C=O) groups excluding carboxylic acids is 1. The molecule has 0 saturated carbocycles. The molecule has 0 amide bonds. The molecule has 0 N–H and O–H groups in total. The van der Waals surface area contributed by atoms with Crippen LogP contribution in [0, 0.1) is 11.3 Å². The third-order valence-electron chi connectivity index (χ3n) is 3.90. The van der Waals surface area contributed by atoms with Gasteiger partial charge >= 0.3 is 6.18 Å². The molecule has 0 atom stereocenters. The van der Waals surface area contributed by atoms with Gasteiger partial charge in [0.2, 0.25) is 0 Å². The molecule has 1 heterocycles. The van der Waals surface area contributed by atoms with Crippen LogP contribution in [0.15, 0.2) is 53.0 Å². The largest absolute Gasteiger partial charge is 0.431 e. The van der Waals surface area contributed by atoms with Gasteiger partial charge in [-0.1, -0.05) is 35.3 Å². The predicted octanol–water partition coefficient (Wildman–Crippen LogP) is 6.80. The van der Waals surface area contributed by atoms with Crippen molar-refractivity contribution in [1.82, 2.24) is 4.57 Å². The number of aromatic nitrogens is 1. The van der Waals surface area contributed by atoms with Crippen molar-refractivity contribution in [3.63, 3.8) is 0 Å². The summed E-state index contributed by atoms with van der Waals surface area (Å²) >= 11 is 15.0. The molecule has 0 unspecified atom stereocenters. The second-order valence-corrected chi connectivity index (χ2v) is 7.38. The van der Waals surface area contributed by atoms with E-state index in [0.717, 1.165) is 0 Å². The maximum absolute atomic E-state index is 13.6. The molecule has 0 spiro atoms. The van der Waals surface area contributed by atoms with E-state index in [0.29, 0.717) is 20.1 Å². The van der Waals surface area contributed by atoms with E-state index < -0.39 is 17.8 Å². The smallest absolute Gasteiger partial charge is 0.270 e. The number of halogens is 6. The van der Waals surface area contributed by atoms with Crippen molar-refractivity contribution in [2.45, 2.75) is 6.18 Å². The lowest BCUT2D eigenvalue weighted by molar-refractivity contribution is -0.142. The van der Waals surface area contributed by atoms with E-state index in [1.165, 1.54) is 42.5 Å². The standard InChI is InChI=1S/C19H8BrCl2F3N2O/c20-14-6-3-11(7-15(14)22)18(28)27-16(19(23,24)25)8-12(9-26)17(27)10-1-4-13(21)5-2-10/h1-8H. The summed E-state index contributed by atoms with van der Waals surface area (Å²) in [4.78, 5) is 13.0. The van der Waals surface area contributed by atoms with Crippen LogP contribution >= 0.6 is 39.1 Å². The second-order valence-electron chi connectivity index (χ2n) is 5.68. The van der Waals surface area contributed by atoms with Gasteiger partial charge in [0.15, 0.2) is 0 Å². The zero-order valence-electron chi connectivity index (χ0n) is 13.7. The summed E-state index contributed by atoms with van der Waals surface area (Å²) in [5, 5.41) is 9.91. The first kappa shape index (κ1) is 20.5. The lowest BCUT2D eigenvalue weighted by Gasteiger charge is -2.15. The monoisotopic (exact) mass is 486 g/mol. The van der Waals surface area contributed by atoms with Crippen LogP contribution in [0.1, 0.15) is 21.6 Å². The summed E-state index contributed by atoms with van der Waals surface area (Å²) in [6, 6.07) is 12.2. The first-order valence-electron chi connectivity index (χ1n) is 7.62. The third kappa shape index (κ3) is 3.81. The first-order chi connectivity index (χ1) is 13.1. The van der Waals surface area contributed by atoms with Crippen molar-refractivity contribution in [3.05, 3.63) is 79.9 Å². The fourth-order valence-electron chi connectivity index (χ4n) is 2.67. The Bertz CT molecular complexity index is 1120. The van der Waals surface area contributed by atoms with Gasteiger partial charge in [-0.15, -0.1) is 0 Å². The van der Waals surface area contributed by atoms with Gasteiger partial charge < -0.3 is 0 Å². The van der Waals surface area contributed by atoms with E-state index in [-0.39, 0.29) is 27.4 Å². The van der Waals surface area contributed by atoms with Crippen molar-refractivity contribution in [2.75, 3.05) is 0 Å². The van der Waals surface area contributed by atoms with Gasteiger partial charge in [-0.25, -0.2) is 0 Å². The van der Waals surface area contributed by atoms with E-state index in [2.05, 4.69) is 15.9 Å². The molecular formula is C19H8BrCl2F3N2O. The number of alkyl halides is 3. The van der Waals surface area contributed by atoms with E-state index in [9.17, 15) is 23.2 Å². The minimum atomic E-state index is -4.86. The molecular weight excluding hydrogens is 480 g/mol. The van der Waals surface area contributed by atoms with Gasteiger partial charge in [-0.3, -0.25) is 9.36 Å². The average molecular weight is 488 g/mol. The minimum Gasteiger partial charge on any atom is -0.270 e. The van der Waals surface area contributed by atoms with Gasteiger partial charge in [0.05, 0.1) is 16.3 Å². The summed E-state index contributed by atoms with van der Waals surface area (Å²) in [7, 11) is 0. The van der Waals surface area contributed by atoms with Gasteiger partial charge in [-0.05, 0) is 52.3 Å². The Balaban J connectivity index is 2.32. The van der Waals surface area contributed by atoms with E-state index >= 15 is 0 Å². The summed E-state index contributed by atoms with van der Waals surface area (Å²) in [6.45, 7) is 0. The molecule has 2 aromatic carbocycles. The molecule has 0 aliphatic carbocycles. The number of nitrogens with zero attached hydrogens (tertiary/aromatic N) is 2. The SMILES string of the molecule is N#Cc1cc(C(F)(F)F)n(C(=O)c2ccc(Br)c(Cl)c2)c1-c1ccc(Cl)cc1. The van der Waals surface area contributed by atoms with E-state index in [4.69, 9.17) is 23.2 Å². The molecule has 3 nitrogen and oxygen atoms in total. The van der Waals surface area contributed by atoms with Crippen molar-refractivity contribution in [2.24, 2.45) is 0 Å². The highest BCUT2D eigenvalue weighted by molar-refractivity contribution is 9.10. The summed E-state index contributed by atoms with van der Waals surface area (Å²) < 4.78 is 41.9. The van der Waals surface area contributed by atoms with Crippen LogP contribution < -0.4 is 0 Å². The number of hydrogen-bond acceptors (Lipinski definition) is 2. The number of carbonyl (C=O) groups is 1. The van der Waals surface area contributed by atoms with E-state index in [1.54, 1.807) is 6.07 Å². The Labute approximate surface area is 176 Å². The Morgan fingerprint density at radius 3 is 2.25 bits per heavy atom. The van der Waals surface area contributed by atoms with Gasteiger partial charge in [0.25, 0.3) is 5.91 Å². The van der Waals surface area contributed by atoms with Crippen molar-refractivity contribution in [3.8, 4) is 17.3 Å². The molecule has 3 aromatic rings. The molecule has 0 aliphatic heterocycles. The minimum absolute atomic E-state index is 0.0611. The first-order valence-corrected chi connectivity index (χ1v) is 9.17. The van der Waals surface area contributed by atoms with Crippen LogP contribution in [0.3, 0.4) is 0 Å². The summed E-state index contributed by atoms with van der Waals surface area (Å²) in [5.41, 5.74) is -1.53. The third-order valence-corrected chi connectivity index (χ3v) is 5.38. The maximum Gasteiger partial charge on any atom is 0.431 e. The van der Waals surface area contributed by atoms with Crippen LogP contribution in [0.5, 0.6) is 0 Å². The molecule has 0 aliphatic rings. The lowest BCUT2D eigenvalue weighted by atomic mass is 10.1. The predicted molar refractivity (Wildman–Crippen MR) is 103 cm³/mol. The van der Waals surface area contributed by atoms with Crippen LogP contribution in [-0.2, 0) is 6.18 Å². The van der Waals surface area contributed by atoms with Gasteiger partial charge in [0, 0.05) is 20.6 Å². The van der Waals surface area contributed by atoms with Crippen LogP contribution in [0.4, 0.5) is 13.2 Å². The zero-order valence-corrected chi connectivity index (χ0v) is 16.8. The van der Waals surface area contributed by atoms with Crippen molar-refractivity contribution in [1.29, 1.82) is 5.26 Å². The van der Waals surface area contributed by atoms with Gasteiger partial charge in [0.1, 0.15) is 11.8 Å². The average Bonchev–Trinajstić information content (AvgIpc) is 3.04. The zero-order chi connectivity index (χ0) is 20.6. The Morgan fingerprint density at radius 1 is 1.07 bits per heavy atom. The van der Waals surface area contributed by atoms with Crippen LogP contribution in [-0.4, -0.2) is 10.5 Å². The second kappa shape index (κ2) is 7.63. The fraction of sp³-hybridized carbons (Fsp3) is 0.0526. The molecule has 28 heavy (non-hydrogen) atoms. The molecule has 3 rings (SSSR count). The molecule has 0 radical (unpaired) electrons. The lowest BCUT2D eigenvalue weighted by Crippen LogP contribution is -2.21. The number of rotatable bonds is 2. The maximum atomic E-state index is 13.6. The molecule has 0 bridgehead atoms. The van der Waals surface area contributed by atoms with Gasteiger partial charge in [-0.2, -0.15) is 18.4 Å². The molecule has 9 heteroatoms. The van der Waals surface area contributed by atoms with Crippen molar-refractivity contribution >= 4 is 45.0 Å². The number of benzene rings is 2. The van der Waals surface area contributed by atoms with Crippen molar-refractivity contribution < 1.29 is 18.0 Å². The van der Waals surface area contributed by atoms with E-state index in [1.807, 2.05) is 0 Å². The topological polar surface area (TPSA) is 45.8 Å². The molecule has 1 aromatic heterocycles. The Hall–Kier alpha value is -2.27. The molecule has 142 valence electrons. The summed E-state index contributed by atoms with van der Waals surface area (Å²) in [5.74, 6) is -0.965. The Morgan fingerprint density at radius 2 is 1.71 bits per heavy atom. The quantitative estimate of drug-likeness (QED) is 0.399. The Kier molecular flexibility index (Phi) is 5.57. The highest BCUT2D eigenvalue weighted by Gasteiger charge is 2.39. The molecule has 0 fully saturated rings. The van der Waals surface area contributed by atoms with Crippen LogP contribution in [0.2, 0.25) is 10.0 Å². The fourth-order valence-corrected chi connectivity index (χ4v) is 3.22. The highest BCUT2D eigenvalue weighted by Crippen LogP contribution is 2.38. The normalized spacial score (nSPS) is 11.3. The number of nitriles is 1. The number of hydrogen-bond donors (Lipinski definition) is 0. The highest BCUT2D eigenvalue weighted by atomic mass is 79.9. The summed E-state index contributed by atoms with van der Waals surface area (Å²) in [6.07, 6.45) is -4.86.